The Hall–Kier alpha value is -1.24. The molecule has 1 N–H and O–H groups in total. The van der Waals surface area contributed by atoms with Gasteiger partial charge in [-0.1, -0.05) is 18.2 Å². The minimum absolute atomic E-state index is 0.351. The SMILES string of the molecule is CN=C(NCC1(Sc2ccccc2)CC1)N1CCC(CN2CCOCC2)C1. The summed E-state index contributed by atoms with van der Waals surface area (Å²) in [6, 6.07) is 10.8. The highest BCUT2D eigenvalue weighted by Gasteiger charge is 2.44. The van der Waals surface area contributed by atoms with Crippen LogP contribution in [0.1, 0.15) is 19.3 Å². The fraction of sp³-hybridized carbons (Fsp3) is 0.667. The number of hydrogen-bond acceptors (Lipinski definition) is 4. The zero-order valence-corrected chi connectivity index (χ0v) is 17.2. The molecule has 3 fully saturated rings. The van der Waals surface area contributed by atoms with E-state index in [4.69, 9.17) is 4.74 Å². The van der Waals surface area contributed by atoms with Crippen LogP contribution in [-0.4, -0.2) is 80.0 Å². The van der Waals surface area contributed by atoms with Gasteiger partial charge in [-0.15, -0.1) is 11.8 Å². The Morgan fingerprint density at radius 1 is 1.22 bits per heavy atom. The predicted molar refractivity (Wildman–Crippen MR) is 113 cm³/mol. The molecule has 1 saturated carbocycles. The number of likely N-dealkylation sites (tertiary alicyclic amines) is 1. The second kappa shape index (κ2) is 8.84. The summed E-state index contributed by atoms with van der Waals surface area (Å²) in [4.78, 5) is 11.0. The van der Waals surface area contributed by atoms with Gasteiger partial charge in [0.2, 0.25) is 0 Å². The minimum Gasteiger partial charge on any atom is -0.379 e. The van der Waals surface area contributed by atoms with Crippen molar-refractivity contribution in [3.05, 3.63) is 30.3 Å². The standard InChI is InChI=1S/C21H32N4OS/c1-22-20(23-17-21(8-9-21)27-19-5-3-2-4-6-19)25-10-7-18(16-25)15-24-11-13-26-14-12-24/h2-6,18H,7-17H2,1H3,(H,22,23). The van der Waals surface area contributed by atoms with Crippen molar-refractivity contribution in [1.82, 2.24) is 15.1 Å². The molecule has 6 heteroatoms. The molecule has 5 nitrogen and oxygen atoms in total. The quantitative estimate of drug-likeness (QED) is 0.599. The maximum absolute atomic E-state index is 5.47. The average molecular weight is 389 g/mol. The van der Waals surface area contributed by atoms with Gasteiger partial charge in [0.15, 0.2) is 5.96 Å². The summed E-state index contributed by atoms with van der Waals surface area (Å²) >= 11 is 2.02. The van der Waals surface area contributed by atoms with Crippen LogP contribution in [0.2, 0.25) is 0 Å². The molecule has 148 valence electrons. The van der Waals surface area contributed by atoms with Gasteiger partial charge in [-0.05, 0) is 37.3 Å². The summed E-state index contributed by atoms with van der Waals surface area (Å²) in [5.74, 6) is 1.83. The van der Waals surface area contributed by atoms with Crippen molar-refractivity contribution in [3.63, 3.8) is 0 Å². The van der Waals surface area contributed by atoms with Crippen molar-refractivity contribution in [2.75, 3.05) is 59.5 Å². The number of benzene rings is 1. The van der Waals surface area contributed by atoms with Crippen molar-refractivity contribution < 1.29 is 4.74 Å². The Bertz CT molecular complexity index is 628. The highest BCUT2D eigenvalue weighted by molar-refractivity contribution is 8.01. The molecule has 1 aromatic rings. The Labute approximate surface area is 167 Å². The molecule has 1 atom stereocenters. The van der Waals surface area contributed by atoms with Gasteiger partial charge in [-0.25, -0.2) is 0 Å². The summed E-state index contributed by atoms with van der Waals surface area (Å²) in [5.41, 5.74) is 0. The van der Waals surface area contributed by atoms with Gasteiger partial charge in [-0.2, -0.15) is 0 Å². The second-order valence-electron chi connectivity index (χ2n) is 8.01. The molecule has 0 aromatic heterocycles. The molecular weight excluding hydrogens is 356 g/mol. The first-order valence-electron chi connectivity index (χ1n) is 10.3. The molecule has 1 aliphatic carbocycles. The van der Waals surface area contributed by atoms with Gasteiger partial charge in [0.1, 0.15) is 0 Å². The van der Waals surface area contributed by atoms with Crippen LogP contribution in [0, 0.1) is 5.92 Å². The number of rotatable bonds is 6. The third-order valence-electron chi connectivity index (χ3n) is 5.87. The molecule has 2 saturated heterocycles. The third kappa shape index (κ3) is 5.18. The van der Waals surface area contributed by atoms with Gasteiger partial charge < -0.3 is 15.0 Å². The lowest BCUT2D eigenvalue weighted by Crippen LogP contribution is -2.44. The maximum atomic E-state index is 5.47. The Balaban J connectivity index is 1.25. The van der Waals surface area contributed by atoms with Crippen LogP contribution in [0.5, 0.6) is 0 Å². The van der Waals surface area contributed by atoms with Crippen LogP contribution in [0.3, 0.4) is 0 Å². The highest BCUT2D eigenvalue weighted by atomic mass is 32.2. The number of thioether (sulfide) groups is 1. The summed E-state index contributed by atoms with van der Waals surface area (Å²) < 4.78 is 5.82. The van der Waals surface area contributed by atoms with Gasteiger partial charge >= 0.3 is 0 Å². The number of ether oxygens (including phenoxy) is 1. The molecule has 1 unspecified atom stereocenters. The molecule has 1 aromatic carbocycles. The molecule has 0 amide bonds. The monoisotopic (exact) mass is 388 g/mol. The van der Waals surface area contributed by atoms with Gasteiger partial charge in [0.25, 0.3) is 0 Å². The van der Waals surface area contributed by atoms with E-state index in [1.807, 2.05) is 18.8 Å². The Morgan fingerprint density at radius 3 is 2.70 bits per heavy atom. The van der Waals surface area contributed by atoms with Crippen LogP contribution in [0.4, 0.5) is 0 Å². The highest BCUT2D eigenvalue weighted by Crippen LogP contribution is 2.51. The van der Waals surface area contributed by atoms with Crippen molar-refractivity contribution in [2.24, 2.45) is 10.9 Å². The van der Waals surface area contributed by atoms with Crippen LogP contribution in [-0.2, 0) is 4.74 Å². The first-order valence-corrected chi connectivity index (χ1v) is 11.1. The van der Waals surface area contributed by atoms with E-state index in [-0.39, 0.29) is 0 Å². The molecule has 4 rings (SSSR count). The summed E-state index contributed by atoms with van der Waals surface area (Å²) in [6.45, 7) is 8.39. The normalized spacial score (nSPS) is 25.6. The average Bonchev–Trinajstić information content (AvgIpc) is 3.31. The molecule has 3 aliphatic rings. The summed E-state index contributed by atoms with van der Waals surface area (Å²) in [7, 11) is 1.92. The summed E-state index contributed by atoms with van der Waals surface area (Å²) in [5, 5.41) is 3.68. The lowest BCUT2D eigenvalue weighted by molar-refractivity contribution is 0.0315. The molecule has 2 heterocycles. The van der Waals surface area contributed by atoms with Gasteiger partial charge in [0, 0.05) is 56.0 Å². The number of nitrogens with one attached hydrogen (secondary N) is 1. The number of guanidine groups is 1. The fourth-order valence-corrected chi connectivity index (χ4v) is 5.33. The zero-order valence-electron chi connectivity index (χ0n) is 16.4. The van der Waals surface area contributed by atoms with E-state index >= 15 is 0 Å². The van der Waals surface area contributed by atoms with E-state index in [1.54, 1.807) is 0 Å². The van der Waals surface area contributed by atoms with Crippen LogP contribution in [0.25, 0.3) is 0 Å². The van der Waals surface area contributed by atoms with Gasteiger partial charge in [-0.3, -0.25) is 9.89 Å². The number of hydrogen-bond donors (Lipinski definition) is 1. The molecule has 0 radical (unpaired) electrons. The van der Waals surface area contributed by atoms with E-state index in [9.17, 15) is 0 Å². The van der Waals surface area contributed by atoms with Gasteiger partial charge in [0.05, 0.1) is 13.2 Å². The fourth-order valence-electron chi connectivity index (χ4n) is 4.09. The van der Waals surface area contributed by atoms with E-state index in [0.29, 0.717) is 4.75 Å². The first kappa shape index (κ1) is 19.1. The zero-order chi connectivity index (χ0) is 18.5. The lowest BCUT2D eigenvalue weighted by atomic mass is 10.1. The topological polar surface area (TPSA) is 40.1 Å². The first-order chi connectivity index (χ1) is 13.3. The van der Waals surface area contributed by atoms with Crippen LogP contribution in [0.15, 0.2) is 40.2 Å². The molecule has 2 aliphatic heterocycles. The molecule has 0 bridgehead atoms. The number of nitrogens with zero attached hydrogens (tertiary/aromatic N) is 3. The van der Waals surface area contributed by atoms with Crippen molar-refractivity contribution in [2.45, 2.75) is 28.9 Å². The third-order valence-corrected chi connectivity index (χ3v) is 7.36. The summed E-state index contributed by atoms with van der Waals surface area (Å²) in [6.07, 6.45) is 3.84. The van der Waals surface area contributed by atoms with Crippen LogP contribution < -0.4 is 5.32 Å². The van der Waals surface area contributed by atoms with Crippen molar-refractivity contribution >= 4 is 17.7 Å². The lowest BCUT2D eigenvalue weighted by Gasteiger charge is -2.29. The number of aliphatic imine (C=N–C) groups is 1. The van der Waals surface area contributed by atoms with Crippen molar-refractivity contribution in [3.8, 4) is 0 Å². The van der Waals surface area contributed by atoms with E-state index in [0.717, 1.165) is 57.8 Å². The van der Waals surface area contributed by atoms with Crippen molar-refractivity contribution in [1.29, 1.82) is 0 Å². The molecule has 27 heavy (non-hydrogen) atoms. The smallest absolute Gasteiger partial charge is 0.193 e. The largest absolute Gasteiger partial charge is 0.379 e. The Morgan fingerprint density at radius 2 is 2.00 bits per heavy atom. The Kier molecular flexibility index (Phi) is 6.25. The van der Waals surface area contributed by atoms with E-state index in [2.05, 4.69) is 50.4 Å². The second-order valence-corrected chi connectivity index (χ2v) is 9.55. The van der Waals surface area contributed by atoms with Crippen LogP contribution >= 0.6 is 11.8 Å². The van der Waals surface area contributed by atoms with E-state index in [1.165, 1.54) is 30.7 Å². The number of morpholine rings is 1. The molecule has 0 spiro atoms. The molecular formula is C21H32N4OS. The van der Waals surface area contributed by atoms with E-state index < -0.39 is 0 Å². The minimum atomic E-state index is 0.351. The predicted octanol–water partition coefficient (Wildman–Crippen LogP) is 2.54. The maximum Gasteiger partial charge on any atom is 0.193 e.